The first-order chi connectivity index (χ1) is 11.4. The number of ketones is 1. The zero-order valence-corrected chi connectivity index (χ0v) is 14.9. The lowest BCUT2D eigenvalue weighted by atomic mass is 9.90. The lowest BCUT2D eigenvalue weighted by Gasteiger charge is -2.13. The van der Waals surface area contributed by atoms with Crippen molar-refractivity contribution in [3.63, 3.8) is 0 Å². The summed E-state index contributed by atoms with van der Waals surface area (Å²) in [6.07, 6.45) is 1.19. The number of hydrogen-bond donors (Lipinski definition) is 0. The van der Waals surface area contributed by atoms with E-state index in [1.54, 1.807) is 7.11 Å². The average molecular weight is 325 g/mol. The van der Waals surface area contributed by atoms with Gasteiger partial charge in [0.05, 0.1) is 18.4 Å². The van der Waals surface area contributed by atoms with E-state index in [2.05, 4.69) is 38.1 Å². The SMILES string of the molecule is COC1=C(c2c(C)cc(C)cc2C)C(=O)C(Cc2cc(C)on2)C1. The fraction of sp³-hybridized carbons (Fsp3) is 0.400. The second-order valence-electron chi connectivity index (χ2n) is 6.67. The topological polar surface area (TPSA) is 52.3 Å². The number of nitrogens with zero attached hydrogens (tertiary/aromatic N) is 1. The van der Waals surface area contributed by atoms with Crippen molar-refractivity contribution >= 4 is 11.4 Å². The van der Waals surface area contributed by atoms with Crippen molar-refractivity contribution in [1.82, 2.24) is 5.16 Å². The highest BCUT2D eigenvalue weighted by Crippen LogP contribution is 2.39. The van der Waals surface area contributed by atoms with Crippen LogP contribution in [0.3, 0.4) is 0 Å². The van der Waals surface area contributed by atoms with Crippen molar-refractivity contribution in [3.8, 4) is 0 Å². The van der Waals surface area contributed by atoms with Crippen LogP contribution in [0.15, 0.2) is 28.5 Å². The van der Waals surface area contributed by atoms with Gasteiger partial charge in [0, 0.05) is 24.8 Å². The predicted molar refractivity (Wildman–Crippen MR) is 92.6 cm³/mol. The first-order valence-electron chi connectivity index (χ1n) is 8.22. The molecule has 1 atom stereocenters. The van der Waals surface area contributed by atoms with E-state index >= 15 is 0 Å². The molecule has 1 aromatic heterocycles. The minimum atomic E-state index is -0.139. The Morgan fingerprint density at radius 1 is 1.17 bits per heavy atom. The number of aryl methyl sites for hydroxylation is 4. The molecule has 4 heteroatoms. The maximum atomic E-state index is 13.1. The Hall–Kier alpha value is -2.36. The van der Waals surface area contributed by atoms with Gasteiger partial charge in [-0.1, -0.05) is 22.9 Å². The molecule has 0 amide bonds. The van der Waals surface area contributed by atoms with Crippen LogP contribution in [0.25, 0.3) is 5.57 Å². The summed E-state index contributed by atoms with van der Waals surface area (Å²) in [5, 5.41) is 4.02. The number of rotatable bonds is 4. The molecule has 126 valence electrons. The van der Waals surface area contributed by atoms with Crippen LogP contribution in [-0.2, 0) is 16.0 Å². The lowest BCUT2D eigenvalue weighted by molar-refractivity contribution is -0.116. The van der Waals surface area contributed by atoms with Crippen LogP contribution in [0.5, 0.6) is 0 Å². The van der Waals surface area contributed by atoms with E-state index in [-0.39, 0.29) is 11.7 Å². The van der Waals surface area contributed by atoms with Crippen molar-refractivity contribution < 1.29 is 14.1 Å². The summed E-state index contributed by atoms with van der Waals surface area (Å²) in [4.78, 5) is 13.1. The maximum absolute atomic E-state index is 13.1. The van der Waals surface area contributed by atoms with E-state index in [0.29, 0.717) is 12.8 Å². The van der Waals surface area contributed by atoms with E-state index < -0.39 is 0 Å². The zero-order chi connectivity index (χ0) is 17.4. The molecule has 0 aliphatic heterocycles. The Bertz CT molecular complexity index is 806. The van der Waals surface area contributed by atoms with Gasteiger partial charge in [0.2, 0.25) is 0 Å². The molecule has 3 rings (SSSR count). The lowest BCUT2D eigenvalue weighted by Crippen LogP contribution is -2.14. The highest BCUT2D eigenvalue weighted by molar-refractivity contribution is 6.25. The summed E-state index contributed by atoms with van der Waals surface area (Å²) < 4.78 is 10.7. The van der Waals surface area contributed by atoms with E-state index in [4.69, 9.17) is 9.26 Å². The quantitative estimate of drug-likeness (QED) is 0.849. The van der Waals surface area contributed by atoms with Gasteiger partial charge in [-0.15, -0.1) is 0 Å². The molecule has 24 heavy (non-hydrogen) atoms. The average Bonchev–Trinajstić information content (AvgIpc) is 3.04. The first kappa shape index (κ1) is 16.5. The van der Waals surface area contributed by atoms with Gasteiger partial charge in [-0.2, -0.15) is 0 Å². The van der Waals surface area contributed by atoms with Gasteiger partial charge in [0.15, 0.2) is 5.78 Å². The van der Waals surface area contributed by atoms with Gasteiger partial charge in [-0.05, 0) is 44.4 Å². The molecular weight excluding hydrogens is 302 g/mol. The molecule has 0 saturated heterocycles. The van der Waals surface area contributed by atoms with Crippen molar-refractivity contribution in [1.29, 1.82) is 0 Å². The third kappa shape index (κ3) is 2.88. The predicted octanol–water partition coefficient (Wildman–Crippen LogP) is 4.10. The Morgan fingerprint density at radius 3 is 2.38 bits per heavy atom. The van der Waals surface area contributed by atoms with Crippen LogP contribution < -0.4 is 0 Å². The summed E-state index contributed by atoms with van der Waals surface area (Å²) in [5.41, 5.74) is 6.00. The summed E-state index contributed by atoms with van der Waals surface area (Å²) in [6.45, 7) is 8.03. The number of allylic oxidation sites excluding steroid dienone is 2. The fourth-order valence-corrected chi connectivity index (χ4v) is 3.71. The molecule has 0 N–H and O–H groups in total. The molecule has 0 saturated carbocycles. The minimum absolute atomic E-state index is 0.139. The molecule has 0 fully saturated rings. The summed E-state index contributed by atoms with van der Waals surface area (Å²) in [5.74, 6) is 1.54. The Labute approximate surface area is 142 Å². The third-order valence-corrected chi connectivity index (χ3v) is 4.63. The molecule has 1 heterocycles. The normalized spacial score (nSPS) is 17.7. The summed E-state index contributed by atoms with van der Waals surface area (Å²) in [7, 11) is 1.64. The van der Waals surface area contributed by atoms with Gasteiger partial charge in [0.1, 0.15) is 11.5 Å². The van der Waals surface area contributed by atoms with Gasteiger partial charge < -0.3 is 9.26 Å². The van der Waals surface area contributed by atoms with Crippen LogP contribution >= 0.6 is 0 Å². The standard InChI is InChI=1S/C20H23NO3/c1-11-6-12(2)18(13(3)7-11)19-17(23-5)10-15(20(19)22)9-16-8-14(4)24-21-16/h6-8,15H,9-10H2,1-5H3. The molecule has 1 aromatic carbocycles. The maximum Gasteiger partial charge on any atom is 0.170 e. The van der Waals surface area contributed by atoms with Crippen LogP contribution in [0.4, 0.5) is 0 Å². The van der Waals surface area contributed by atoms with Crippen molar-refractivity contribution in [2.24, 2.45) is 5.92 Å². The number of aromatic nitrogens is 1. The van der Waals surface area contributed by atoms with Crippen LogP contribution in [0.1, 0.15) is 40.1 Å². The van der Waals surface area contributed by atoms with Gasteiger partial charge in [-0.3, -0.25) is 4.79 Å². The number of methoxy groups -OCH3 is 1. The van der Waals surface area contributed by atoms with E-state index in [1.807, 2.05) is 13.0 Å². The second-order valence-corrected chi connectivity index (χ2v) is 6.67. The molecular formula is C20H23NO3. The molecule has 0 spiro atoms. The van der Waals surface area contributed by atoms with Gasteiger partial charge in [0.25, 0.3) is 0 Å². The van der Waals surface area contributed by atoms with Crippen molar-refractivity contribution in [3.05, 3.63) is 57.7 Å². The van der Waals surface area contributed by atoms with E-state index in [1.165, 1.54) is 5.56 Å². The van der Waals surface area contributed by atoms with Crippen LogP contribution in [-0.4, -0.2) is 18.0 Å². The Kier molecular flexibility index (Phi) is 4.31. The molecule has 0 bridgehead atoms. The fourth-order valence-electron chi connectivity index (χ4n) is 3.71. The molecule has 0 radical (unpaired) electrons. The summed E-state index contributed by atoms with van der Waals surface area (Å²) >= 11 is 0. The van der Waals surface area contributed by atoms with Crippen molar-refractivity contribution in [2.45, 2.75) is 40.5 Å². The van der Waals surface area contributed by atoms with E-state index in [9.17, 15) is 4.79 Å². The molecule has 4 nitrogen and oxygen atoms in total. The number of benzene rings is 1. The Balaban J connectivity index is 1.96. The number of ether oxygens (including phenoxy) is 1. The minimum Gasteiger partial charge on any atom is -0.500 e. The van der Waals surface area contributed by atoms with Crippen LogP contribution in [0.2, 0.25) is 0 Å². The van der Waals surface area contributed by atoms with Crippen LogP contribution in [0, 0.1) is 33.6 Å². The molecule has 1 aliphatic rings. The van der Waals surface area contributed by atoms with Gasteiger partial charge >= 0.3 is 0 Å². The smallest absolute Gasteiger partial charge is 0.170 e. The van der Waals surface area contributed by atoms with Crippen molar-refractivity contribution in [2.75, 3.05) is 7.11 Å². The third-order valence-electron chi connectivity index (χ3n) is 4.63. The number of Topliss-reactive ketones (excluding diaryl/α,β-unsaturated/α-hetero) is 1. The monoisotopic (exact) mass is 325 g/mol. The first-order valence-corrected chi connectivity index (χ1v) is 8.22. The van der Waals surface area contributed by atoms with Gasteiger partial charge in [-0.25, -0.2) is 0 Å². The number of carbonyl (C=O) groups is 1. The largest absolute Gasteiger partial charge is 0.500 e. The highest BCUT2D eigenvalue weighted by Gasteiger charge is 2.36. The Morgan fingerprint density at radius 2 is 1.83 bits per heavy atom. The number of hydrogen-bond acceptors (Lipinski definition) is 4. The van der Waals surface area contributed by atoms with E-state index in [0.717, 1.165) is 39.5 Å². The zero-order valence-electron chi connectivity index (χ0n) is 14.9. The second kappa shape index (κ2) is 6.27. The molecule has 1 unspecified atom stereocenters. The highest BCUT2D eigenvalue weighted by atomic mass is 16.5. The molecule has 2 aromatic rings. The molecule has 1 aliphatic carbocycles. The summed E-state index contributed by atoms with van der Waals surface area (Å²) in [6, 6.07) is 6.12. The number of carbonyl (C=O) groups excluding carboxylic acids is 1.